The van der Waals surface area contributed by atoms with Crippen LogP contribution < -0.4 is 4.74 Å². The zero-order chi connectivity index (χ0) is 14.7. The van der Waals surface area contributed by atoms with Gasteiger partial charge in [-0.3, -0.25) is 9.59 Å². The highest BCUT2D eigenvalue weighted by Crippen LogP contribution is 2.23. The number of methoxy groups -OCH3 is 1. The van der Waals surface area contributed by atoms with Crippen LogP contribution in [0, 0.1) is 5.82 Å². The first-order valence-electron chi connectivity index (χ1n) is 6.65. The molecule has 0 radical (unpaired) electrons. The number of ether oxygens (including phenoxy) is 1. The molecule has 0 heterocycles. The molecule has 108 valence electrons. The molecule has 0 aliphatic heterocycles. The van der Waals surface area contributed by atoms with Gasteiger partial charge in [0.1, 0.15) is 17.3 Å². The number of nitrogens with zero attached hydrogens (tertiary/aromatic N) is 1. The predicted octanol–water partition coefficient (Wildman–Crippen LogP) is 2.42. The molecule has 5 heteroatoms. The third-order valence-corrected chi connectivity index (χ3v) is 3.79. The quantitative estimate of drug-likeness (QED) is 0.853. The van der Waals surface area contributed by atoms with Gasteiger partial charge in [0.25, 0.3) is 5.91 Å². The van der Waals surface area contributed by atoms with Crippen LogP contribution in [0.15, 0.2) is 18.2 Å². The van der Waals surface area contributed by atoms with Gasteiger partial charge in [0.15, 0.2) is 0 Å². The van der Waals surface area contributed by atoms with Crippen LogP contribution in [0.25, 0.3) is 0 Å². The lowest BCUT2D eigenvalue weighted by Gasteiger charge is -2.30. The lowest BCUT2D eigenvalue weighted by molar-refractivity contribution is -0.121. The van der Waals surface area contributed by atoms with E-state index in [1.54, 1.807) is 13.1 Å². The molecule has 1 amide bonds. The zero-order valence-electron chi connectivity index (χ0n) is 11.7. The molecule has 1 saturated carbocycles. The van der Waals surface area contributed by atoms with E-state index in [-0.39, 0.29) is 23.3 Å². The Balaban J connectivity index is 2.12. The zero-order valence-corrected chi connectivity index (χ0v) is 11.7. The Hall–Kier alpha value is -1.91. The minimum atomic E-state index is -0.590. The number of amides is 1. The van der Waals surface area contributed by atoms with Crippen LogP contribution in [-0.2, 0) is 4.79 Å². The Labute approximate surface area is 117 Å². The second-order valence-electron chi connectivity index (χ2n) is 5.03. The van der Waals surface area contributed by atoms with Crippen molar-refractivity contribution in [2.45, 2.75) is 31.7 Å². The minimum absolute atomic E-state index is 0.00158. The number of Topliss-reactive ketones (excluding diaryl/α,β-unsaturated/α-hetero) is 1. The molecule has 0 saturated heterocycles. The average Bonchev–Trinajstić information content (AvgIpc) is 2.46. The monoisotopic (exact) mass is 279 g/mol. The Bertz CT molecular complexity index is 520. The predicted molar refractivity (Wildman–Crippen MR) is 72.3 cm³/mol. The first kappa shape index (κ1) is 14.5. The molecular formula is C15H18FNO3. The number of benzene rings is 1. The third kappa shape index (κ3) is 2.98. The molecule has 0 atom stereocenters. The molecule has 0 spiro atoms. The Morgan fingerprint density at radius 2 is 2.00 bits per heavy atom. The summed E-state index contributed by atoms with van der Waals surface area (Å²) in [4.78, 5) is 25.1. The lowest BCUT2D eigenvalue weighted by Crippen LogP contribution is -2.39. The maximum absolute atomic E-state index is 13.9. The standard InChI is InChI=1S/C15H18FNO3/c1-17(10-3-5-11(18)6-4-10)15(19)13-8-7-12(20-2)9-14(13)16/h7-10H,3-6H2,1-2H3. The number of halogens is 1. The second kappa shape index (κ2) is 6.03. The van der Waals surface area contributed by atoms with Crippen molar-refractivity contribution in [1.29, 1.82) is 0 Å². The van der Waals surface area contributed by atoms with Crippen molar-refractivity contribution < 1.29 is 18.7 Å². The van der Waals surface area contributed by atoms with E-state index in [9.17, 15) is 14.0 Å². The Morgan fingerprint density at radius 3 is 2.55 bits per heavy atom. The number of hydrogen-bond acceptors (Lipinski definition) is 3. The molecule has 20 heavy (non-hydrogen) atoms. The van der Waals surface area contributed by atoms with Gasteiger partial charge in [0.05, 0.1) is 12.7 Å². The smallest absolute Gasteiger partial charge is 0.256 e. The van der Waals surface area contributed by atoms with Gasteiger partial charge in [0.2, 0.25) is 0 Å². The van der Waals surface area contributed by atoms with E-state index in [0.717, 1.165) is 0 Å². The van der Waals surface area contributed by atoms with Crippen molar-refractivity contribution in [3.63, 3.8) is 0 Å². The summed E-state index contributed by atoms with van der Waals surface area (Å²) in [5.41, 5.74) is 0.0326. The summed E-state index contributed by atoms with van der Waals surface area (Å²) < 4.78 is 18.8. The molecule has 1 fully saturated rings. The van der Waals surface area contributed by atoms with Crippen molar-refractivity contribution in [2.75, 3.05) is 14.2 Å². The summed E-state index contributed by atoms with van der Waals surface area (Å²) in [6.45, 7) is 0. The highest BCUT2D eigenvalue weighted by Gasteiger charge is 2.27. The fourth-order valence-corrected chi connectivity index (χ4v) is 2.46. The normalized spacial score (nSPS) is 16.1. The maximum atomic E-state index is 13.9. The molecule has 0 bridgehead atoms. The van der Waals surface area contributed by atoms with Crippen molar-refractivity contribution in [3.05, 3.63) is 29.6 Å². The van der Waals surface area contributed by atoms with Gasteiger partial charge < -0.3 is 9.64 Å². The van der Waals surface area contributed by atoms with Crippen LogP contribution in [0.5, 0.6) is 5.75 Å². The van der Waals surface area contributed by atoms with Gasteiger partial charge in [0, 0.05) is 32.0 Å². The fourth-order valence-electron chi connectivity index (χ4n) is 2.46. The number of rotatable bonds is 3. The molecule has 1 aromatic rings. The second-order valence-corrected chi connectivity index (χ2v) is 5.03. The van der Waals surface area contributed by atoms with E-state index in [1.807, 2.05) is 0 Å². The fraction of sp³-hybridized carbons (Fsp3) is 0.467. The van der Waals surface area contributed by atoms with Gasteiger partial charge in [-0.25, -0.2) is 4.39 Å². The Morgan fingerprint density at radius 1 is 1.35 bits per heavy atom. The molecule has 4 nitrogen and oxygen atoms in total. The number of ketones is 1. The van der Waals surface area contributed by atoms with E-state index in [2.05, 4.69) is 0 Å². The first-order valence-corrected chi connectivity index (χ1v) is 6.65. The van der Waals surface area contributed by atoms with Crippen molar-refractivity contribution in [2.24, 2.45) is 0 Å². The summed E-state index contributed by atoms with van der Waals surface area (Å²) in [5.74, 6) is -0.333. The van der Waals surface area contributed by atoms with Crippen LogP contribution in [0.3, 0.4) is 0 Å². The van der Waals surface area contributed by atoms with Gasteiger partial charge in [-0.1, -0.05) is 0 Å². The molecule has 0 unspecified atom stereocenters. The average molecular weight is 279 g/mol. The number of carbonyl (C=O) groups is 2. The molecule has 1 aliphatic rings. The lowest BCUT2D eigenvalue weighted by atomic mass is 9.93. The highest BCUT2D eigenvalue weighted by atomic mass is 19.1. The molecular weight excluding hydrogens is 261 g/mol. The van der Waals surface area contributed by atoms with E-state index >= 15 is 0 Å². The third-order valence-electron chi connectivity index (χ3n) is 3.79. The van der Waals surface area contributed by atoms with Crippen LogP contribution in [0.4, 0.5) is 4.39 Å². The Kier molecular flexibility index (Phi) is 4.37. The first-order chi connectivity index (χ1) is 9.52. The van der Waals surface area contributed by atoms with E-state index in [0.29, 0.717) is 31.4 Å². The molecule has 0 N–H and O–H groups in total. The number of carbonyl (C=O) groups excluding carboxylic acids is 2. The number of hydrogen-bond donors (Lipinski definition) is 0. The molecule has 2 rings (SSSR count). The van der Waals surface area contributed by atoms with Gasteiger partial charge in [-0.2, -0.15) is 0 Å². The maximum Gasteiger partial charge on any atom is 0.256 e. The van der Waals surface area contributed by atoms with Gasteiger partial charge in [-0.05, 0) is 25.0 Å². The van der Waals surface area contributed by atoms with E-state index < -0.39 is 5.82 Å². The molecule has 1 aliphatic carbocycles. The van der Waals surface area contributed by atoms with Crippen molar-refractivity contribution in [3.8, 4) is 5.75 Å². The van der Waals surface area contributed by atoms with Crippen LogP contribution in [-0.4, -0.2) is 36.8 Å². The largest absolute Gasteiger partial charge is 0.497 e. The topological polar surface area (TPSA) is 46.6 Å². The minimum Gasteiger partial charge on any atom is -0.497 e. The van der Waals surface area contributed by atoms with Crippen molar-refractivity contribution in [1.82, 2.24) is 4.90 Å². The SMILES string of the molecule is COc1ccc(C(=O)N(C)C2CCC(=O)CC2)c(F)c1. The van der Waals surface area contributed by atoms with Crippen LogP contribution >= 0.6 is 0 Å². The van der Waals surface area contributed by atoms with E-state index in [4.69, 9.17) is 4.74 Å². The van der Waals surface area contributed by atoms with Gasteiger partial charge in [-0.15, -0.1) is 0 Å². The molecule has 0 aromatic heterocycles. The van der Waals surface area contributed by atoms with Crippen LogP contribution in [0.1, 0.15) is 36.0 Å². The summed E-state index contributed by atoms with van der Waals surface area (Å²) in [6.07, 6.45) is 2.29. The van der Waals surface area contributed by atoms with Crippen LogP contribution in [0.2, 0.25) is 0 Å². The van der Waals surface area contributed by atoms with Crippen molar-refractivity contribution >= 4 is 11.7 Å². The summed E-state index contributed by atoms with van der Waals surface area (Å²) >= 11 is 0. The summed E-state index contributed by atoms with van der Waals surface area (Å²) in [5, 5.41) is 0. The van der Waals surface area contributed by atoms with E-state index in [1.165, 1.54) is 24.1 Å². The highest BCUT2D eigenvalue weighted by molar-refractivity contribution is 5.94. The summed E-state index contributed by atoms with van der Waals surface area (Å²) in [7, 11) is 3.11. The molecule has 1 aromatic carbocycles. The van der Waals surface area contributed by atoms with Gasteiger partial charge >= 0.3 is 0 Å². The summed E-state index contributed by atoms with van der Waals surface area (Å²) in [6, 6.07) is 4.20.